The van der Waals surface area contributed by atoms with Crippen LogP contribution >= 0.6 is 0 Å². The first-order valence-corrected chi connectivity index (χ1v) is 11.2. The van der Waals surface area contributed by atoms with E-state index in [1.54, 1.807) is 13.2 Å². The summed E-state index contributed by atoms with van der Waals surface area (Å²) in [6.07, 6.45) is 6.05. The highest BCUT2D eigenvalue weighted by Crippen LogP contribution is 2.38. The van der Waals surface area contributed by atoms with E-state index >= 15 is 0 Å². The molecule has 1 amide bonds. The molecule has 1 aliphatic heterocycles. The lowest BCUT2D eigenvalue weighted by Crippen LogP contribution is -2.55. The van der Waals surface area contributed by atoms with Gasteiger partial charge >= 0.3 is 0 Å². The molecule has 4 aromatic heterocycles. The molecule has 2 aliphatic rings. The molecule has 1 saturated carbocycles. The van der Waals surface area contributed by atoms with Crippen molar-refractivity contribution in [2.75, 3.05) is 25.6 Å². The van der Waals surface area contributed by atoms with Gasteiger partial charge in [0.1, 0.15) is 17.0 Å². The van der Waals surface area contributed by atoms with Gasteiger partial charge in [-0.1, -0.05) is 0 Å². The summed E-state index contributed by atoms with van der Waals surface area (Å²) in [6.45, 7) is 1.32. The number of carbonyl (C=O) groups is 1. The summed E-state index contributed by atoms with van der Waals surface area (Å²) in [7, 11) is 1.75. The van der Waals surface area contributed by atoms with Gasteiger partial charge in [-0.25, -0.2) is 18.7 Å². The van der Waals surface area contributed by atoms with Crippen LogP contribution in [0.25, 0.3) is 27.9 Å². The van der Waals surface area contributed by atoms with Crippen molar-refractivity contribution in [3.05, 3.63) is 42.4 Å². The van der Waals surface area contributed by atoms with Crippen molar-refractivity contribution < 1.29 is 18.3 Å². The Kier molecular flexibility index (Phi) is 4.76. The molecule has 0 spiro atoms. The average Bonchev–Trinajstić information content (AvgIpc) is 3.59. The number of pyridine rings is 1. The van der Waals surface area contributed by atoms with Crippen LogP contribution in [-0.4, -0.2) is 62.3 Å². The summed E-state index contributed by atoms with van der Waals surface area (Å²) in [4.78, 5) is 22.2. The Bertz CT molecular complexity index is 1410. The average molecular weight is 467 g/mol. The predicted molar refractivity (Wildman–Crippen MR) is 121 cm³/mol. The van der Waals surface area contributed by atoms with Gasteiger partial charge in [-0.05, 0) is 25.0 Å². The van der Waals surface area contributed by atoms with Gasteiger partial charge in [0.25, 0.3) is 11.8 Å². The van der Waals surface area contributed by atoms with Gasteiger partial charge < -0.3 is 19.9 Å². The van der Waals surface area contributed by atoms with Gasteiger partial charge in [0.15, 0.2) is 5.65 Å². The van der Waals surface area contributed by atoms with E-state index in [1.807, 2.05) is 24.4 Å². The minimum Gasteiger partial charge on any atom is -0.379 e. The van der Waals surface area contributed by atoms with Crippen molar-refractivity contribution in [1.82, 2.24) is 29.5 Å². The zero-order valence-electron chi connectivity index (χ0n) is 18.5. The van der Waals surface area contributed by atoms with Crippen molar-refractivity contribution in [3.8, 4) is 11.3 Å². The second-order valence-electron chi connectivity index (χ2n) is 8.74. The number of nitrogens with one attached hydrogen (secondary N) is 2. The number of carbonyl (C=O) groups excluding carboxylic acids is 1. The summed E-state index contributed by atoms with van der Waals surface area (Å²) in [5, 5.41) is 10.7. The number of amides is 1. The van der Waals surface area contributed by atoms with Crippen LogP contribution < -0.4 is 10.6 Å². The van der Waals surface area contributed by atoms with Gasteiger partial charge in [-0.15, -0.1) is 0 Å². The molecule has 34 heavy (non-hydrogen) atoms. The largest absolute Gasteiger partial charge is 0.379 e. The van der Waals surface area contributed by atoms with Crippen molar-refractivity contribution in [1.29, 1.82) is 0 Å². The monoisotopic (exact) mass is 467 g/mol. The summed E-state index contributed by atoms with van der Waals surface area (Å²) in [5.74, 6) is -2.88. The van der Waals surface area contributed by atoms with Crippen LogP contribution in [0.3, 0.4) is 0 Å². The highest BCUT2D eigenvalue weighted by Gasteiger charge is 2.49. The Labute approximate surface area is 193 Å². The third-order valence-corrected chi connectivity index (χ3v) is 6.72. The third-order valence-electron chi connectivity index (χ3n) is 6.72. The topological polar surface area (TPSA) is 98.4 Å². The smallest absolute Gasteiger partial charge is 0.267 e. The first-order valence-electron chi connectivity index (χ1n) is 11.2. The fraction of sp³-hybridized carbons (Fsp3) is 0.391. The van der Waals surface area contributed by atoms with Crippen LogP contribution in [0.1, 0.15) is 35.7 Å². The van der Waals surface area contributed by atoms with Gasteiger partial charge in [-0.2, -0.15) is 9.61 Å². The van der Waals surface area contributed by atoms with Crippen molar-refractivity contribution in [2.45, 2.75) is 37.3 Å². The number of hydrogen-bond acceptors (Lipinski definition) is 6. The summed E-state index contributed by atoms with van der Waals surface area (Å²) < 4.78 is 36.6. The maximum Gasteiger partial charge on any atom is 0.267 e. The molecular formula is C23H23F2N7O2. The molecule has 2 N–H and O–H groups in total. The van der Waals surface area contributed by atoms with E-state index in [2.05, 4.69) is 25.3 Å². The van der Waals surface area contributed by atoms with Crippen molar-refractivity contribution in [2.24, 2.45) is 0 Å². The fourth-order valence-corrected chi connectivity index (χ4v) is 4.67. The molecule has 0 aromatic carbocycles. The molecule has 9 nitrogen and oxygen atoms in total. The first kappa shape index (κ1) is 21.0. The van der Waals surface area contributed by atoms with Crippen LogP contribution in [0.2, 0.25) is 0 Å². The Morgan fingerprint density at radius 2 is 2.18 bits per heavy atom. The van der Waals surface area contributed by atoms with Gasteiger partial charge in [0.05, 0.1) is 30.6 Å². The second-order valence-corrected chi connectivity index (χ2v) is 8.74. The Hall–Kier alpha value is -3.60. The van der Waals surface area contributed by atoms with Gasteiger partial charge in [-0.3, -0.25) is 4.79 Å². The Balaban J connectivity index is 1.46. The third kappa shape index (κ3) is 3.22. The molecule has 6 rings (SSSR count). The molecule has 1 aliphatic carbocycles. The van der Waals surface area contributed by atoms with Crippen LogP contribution in [0.5, 0.6) is 0 Å². The quantitative estimate of drug-likeness (QED) is 0.468. The maximum atomic E-state index is 13.7. The number of alkyl halides is 2. The lowest BCUT2D eigenvalue weighted by molar-refractivity contribution is -0.102. The van der Waals surface area contributed by atoms with E-state index in [0.717, 1.165) is 23.0 Å². The summed E-state index contributed by atoms with van der Waals surface area (Å²) >= 11 is 0. The first-order chi connectivity index (χ1) is 16.5. The van der Waals surface area contributed by atoms with E-state index in [-0.39, 0.29) is 30.1 Å². The molecule has 0 radical (unpaired) electrons. The molecule has 0 unspecified atom stereocenters. The highest BCUT2D eigenvalue weighted by atomic mass is 19.3. The maximum absolute atomic E-state index is 13.7. The number of aromatic nitrogens is 5. The number of fused-ring (bicyclic) bond motifs is 2. The number of nitrogens with zero attached hydrogens (tertiary/aromatic N) is 5. The molecule has 0 bridgehead atoms. The van der Waals surface area contributed by atoms with Crippen molar-refractivity contribution in [3.63, 3.8) is 0 Å². The summed E-state index contributed by atoms with van der Waals surface area (Å²) in [5.41, 5.74) is 2.74. The van der Waals surface area contributed by atoms with E-state index < -0.39 is 17.9 Å². The standard InChI is InChI=1S/C23H23F2N7O2/c1-26-19-9-17(16-11-31(13-5-8-34-12-13)20-14(16)3-2-7-27-20)29-21-15(10-28-32(19)21)22(33)30-18-4-6-23(18,24)25/h2-3,7,9-11,13,18,26H,4-6,8,12H2,1H3,(H,30,33)/t13-,18+/m1/s1. The molecule has 5 heterocycles. The zero-order chi connectivity index (χ0) is 23.4. The van der Waals surface area contributed by atoms with Gasteiger partial charge in [0.2, 0.25) is 0 Å². The Morgan fingerprint density at radius 1 is 1.29 bits per heavy atom. The Morgan fingerprint density at radius 3 is 2.88 bits per heavy atom. The normalized spacial score (nSPS) is 21.6. The molecule has 176 valence electrons. The number of ether oxygens (including phenoxy) is 1. The summed E-state index contributed by atoms with van der Waals surface area (Å²) in [6, 6.07) is 4.71. The minimum atomic E-state index is -2.88. The van der Waals surface area contributed by atoms with Crippen molar-refractivity contribution >= 4 is 28.4 Å². The molecule has 4 aromatic rings. The fourth-order valence-electron chi connectivity index (χ4n) is 4.67. The van der Waals surface area contributed by atoms with Crippen LogP contribution in [0, 0.1) is 0 Å². The van der Waals surface area contributed by atoms with Crippen LogP contribution in [-0.2, 0) is 4.74 Å². The van der Waals surface area contributed by atoms with E-state index in [9.17, 15) is 13.6 Å². The molecule has 11 heteroatoms. The zero-order valence-corrected chi connectivity index (χ0v) is 18.5. The lowest BCUT2D eigenvalue weighted by atomic mass is 9.88. The molecule has 1 saturated heterocycles. The van der Waals surface area contributed by atoms with E-state index in [0.29, 0.717) is 24.7 Å². The van der Waals surface area contributed by atoms with E-state index in [4.69, 9.17) is 9.72 Å². The van der Waals surface area contributed by atoms with E-state index in [1.165, 1.54) is 10.7 Å². The number of halogens is 2. The number of anilines is 1. The minimum absolute atomic E-state index is 0.145. The molecule has 2 fully saturated rings. The lowest BCUT2D eigenvalue weighted by Gasteiger charge is -2.36. The number of hydrogen-bond donors (Lipinski definition) is 2. The molecule has 2 atom stereocenters. The predicted octanol–water partition coefficient (Wildman–Crippen LogP) is 3.28. The molecular weight excluding hydrogens is 444 g/mol. The van der Waals surface area contributed by atoms with Crippen LogP contribution in [0.15, 0.2) is 36.8 Å². The van der Waals surface area contributed by atoms with Crippen LogP contribution in [0.4, 0.5) is 14.6 Å². The highest BCUT2D eigenvalue weighted by molar-refractivity contribution is 6.01. The second kappa shape index (κ2) is 7.73. The SMILES string of the molecule is CNc1cc(-c2cn([C@@H]3CCOC3)c3ncccc23)nc2c(C(=O)N[C@H]3CCC3(F)F)cnn12. The number of rotatable bonds is 5. The van der Waals surface area contributed by atoms with Gasteiger partial charge in [0, 0.05) is 49.5 Å².